The number of methoxy groups -OCH3 is 1. The highest BCUT2D eigenvalue weighted by Crippen LogP contribution is 2.37. The predicted octanol–water partition coefficient (Wildman–Crippen LogP) is 4.72. The molecule has 1 aliphatic heterocycles. The number of benzene rings is 3. The zero-order valence-corrected chi connectivity index (χ0v) is 16.7. The number of nitrogens with zero attached hydrogens (tertiary/aromatic N) is 1. The highest BCUT2D eigenvalue weighted by atomic mass is 16.6. The maximum absolute atomic E-state index is 9.72. The summed E-state index contributed by atoms with van der Waals surface area (Å²) in [5.74, 6) is 1.00. The molecular formula is C25H27NO3. The molecule has 4 nitrogen and oxygen atoms in total. The Bertz CT molecular complexity index is 872. The lowest BCUT2D eigenvalue weighted by atomic mass is 9.96. The van der Waals surface area contributed by atoms with E-state index >= 15 is 0 Å². The highest BCUT2D eigenvalue weighted by molar-refractivity contribution is 5.55. The summed E-state index contributed by atoms with van der Waals surface area (Å²) in [7, 11) is 1.70. The van der Waals surface area contributed by atoms with Crippen molar-refractivity contribution < 1.29 is 14.6 Å². The molecule has 0 radical (unpaired) electrons. The molecule has 4 heteroatoms. The van der Waals surface area contributed by atoms with Crippen LogP contribution in [0.5, 0.6) is 5.75 Å². The van der Waals surface area contributed by atoms with Crippen LogP contribution in [0.4, 0.5) is 5.69 Å². The van der Waals surface area contributed by atoms with E-state index in [9.17, 15) is 5.11 Å². The Balaban J connectivity index is 1.64. The summed E-state index contributed by atoms with van der Waals surface area (Å²) in [4.78, 5) is 2.36. The summed E-state index contributed by atoms with van der Waals surface area (Å²) in [6.45, 7) is 2.14. The van der Waals surface area contributed by atoms with E-state index in [0.29, 0.717) is 13.0 Å². The van der Waals surface area contributed by atoms with Crippen LogP contribution in [0, 0.1) is 0 Å². The first-order chi connectivity index (χ1) is 14.2. The van der Waals surface area contributed by atoms with Crippen molar-refractivity contribution in [2.45, 2.75) is 31.7 Å². The lowest BCUT2D eigenvalue weighted by Crippen LogP contribution is -2.22. The minimum absolute atomic E-state index is 0.158. The van der Waals surface area contributed by atoms with E-state index in [4.69, 9.17) is 9.47 Å². The van der Waals surface area contributed by atoms with Crippen LogP contribution in [0.15, 0.2) is 78.9 Å². The van der Waals surface area contributed by atoms with E-state index < -0.39 is 6.29 Å². The smallest absolute Gasteiger partial charge is 0.155 e. The summed E-state index contributed by atoms with van der Waals surface area (Å²) in [6, 6.07) is 27.4. The van der Waals surface area contributed by atoms with Crippen molar-refractivity contribution in [1.29, 1.82) is 0 Å². The molecule has 2 unspecified atom stereocenters. The molecule has 1 fully saturated rings. The SMILES string of the molecule is COc1cc(N(Cc2ccccc2)Cc2ccccc2)ccc1C1COC(O)C1. The van der Waals surface area contributed by atoms with Gasteiger partial charge in [-0.3, -0.25) is 0 Å². The topological polar surface area (TPSA) is 41.9 Å². The number of hydrogen-bond donors (Lipinski definition) is 1. The van der Waals surface area contributed by atoms with Crippen LogP contribution in [-0.2, 0) is 17.8 Å². The molecule has 1 saturated heterocycles. The lowest BCUT2D eigenvalue weighted by molar-refractivity contribution is -0.0590. The van der Waals surface area contributed by atoms with Crippen molar-refractivity contribution in [3.63, 3.8) is 0 Å². The Hall–Kier alpha value is -2.82. The molecule has 1 heterocycles. The van der Waals surface area contributed by atoms with Gasteiger partial charge in [-0.1, -0.05) is 66.7 Å². The second kappa shape index (κ2) is 9.12. The molecule has 3 aromatic carbocycles. The Kier molecular flexibility index (Phi) is 6.13. The molecule has 1 N–H and O–H groups in total. The lowest BCUT2D eigenvalue weighted by Gasteiger charge is -2.27. The van der Waals surface area contributed by atoms with Gasteiger partial charge in [0.1, 0.15) is 5.75 Å². The molecule has 3 aromatic rings. The Morgan fingerprint density at radius 2 is 1.55 bits per heavy atom. The number of hydrogen-bond acceptors (Lipinski definition) is 4. The van der Waals surface area contributed by atoms with Crippen molar-refractivity contribution in [2.75, 3.05) is 18.6 Å². The van der Waals surface area contributed by atoms with Gasteiger partial charge in [0.2, 0.25) is 0 Å². The predicted molar refractivity (Wildman–Crippen MR) is 115 cm³/mol. The molecule has 29 heavy (non-hydrogen) atoms. The van der Waals surface area contributed by atoms with E-state index in [2.05, 4.69) is 71.6 Å². The zero-order valence-electron chi connectivity index (χ0n) is 16.7. The van der Waals surface area contributed by atoms with Crippen molar-refractivity contribution in [3.8, 4) is 5.75 Å². The van der Waals surface area contributed by atoms with Gasteiger partial charge in [0, 0.05) is 37.2 Å². The van der Waals surface area contributed by atoms with Crippen LogP contribution in [0.1, 0.15) is 29.0 Å². The summed E-state index contributed by atoms with van der Waals surface area (Å²) in [6.07, 6.45) is -0.0787. The summed E-state index contributed by atoms with van der Waals surface area (Å²) >= 11 is 0. The van der Waals surface area contributed by atoms with Gasteiger partial charge in [-0.25, -0.2) is 0 Å². The van der Waals surface area contributed by atoms with E-state index in [-0.39, 0.29) is 5.92 Å². The fourth-order valence-corrected chi connectivity index (χ4v) is 3.90. The van der Waals surface area contributed by atoms with Crippen LogP contribution >= 0.6 is 0 Å². The normalized spacial score (nSPS) is 18.6. The standard InChI is InChI=1S/C25H27NO3/c1-28-24-15-22(12-13-23(24)21-14-25(27)29-18-21)26(16-19-8-4-2-5-9-19)17-20-10-6-3-7-11-20/h2-13,15,21,25,27H,14,16-18H2,1H3. The number of aliphatic hydroxyl groups is 1. The van der Waals surface area contributed by atoms with Crippen LogP contribution in [-0.4, -0.2) is 25.1 Å². The van der Waals surface area contributed by atoms with E-state index in [1.54, 1.807) is 7.11 Å². The van der Waals surface area contributed by atoms with Crippen molar-refractivity contribution in [1.82, 2.24) is 0 Å². The summed E-state index contributed by atoms with van der Waals surface area (Å²) in [5, 5.41) is 9.72. The quantitative estimate of drug-likeness (QED) is 0.635. The van der Waals surface area contributed by atoms with Crippen LogP contribution < -0.4 is 9.64 Å². The molecule has 0 bridgehead atoms. The van der Waals surface area contributed by atoms with Gasteiger partial charge in [-0.15, -0.1) is 0 Å². The molecule has 0 saturated carbocycles. The number of anilines is 1. The minimum atomic E-state index is -0.683. The molecule has 1 aliphatic rings. The van der Waals surface area contributed by atoms with Crippen molar-refractivity contribution >= 4 is 5.69 Å². The van der Waals surface area contributed by atoms with Crippen molar-refractivity contribution in [2.24, 2.45) is 0 Å². The molecule has 0 aliphatic carbocycles. The van der Waals surface area contributed by atoms with Gasteiger partial charge in [-0.2, -0.15) is 0 Å². The van der Waals surface area contributed by atoms with E-state index in [1.807, 2.05) is 12.1 Å². The molecular weight excluding hydrogens is 362 g/mol. The van der Waals surface area contributed by atoms with E-state index in [0.717, 1.165) is 30.1 Å². The largest absolute Gasteiger partial charge is 0.496 e. The fourth-order valence-electron chi connectivity index (χ4n) is 3.90. The number of ether oxygens (including phenoxy) is 2. The average molecular weight is 389 g/mol. The van der Waals surface area contributed by atoms with Gasteiger partial charge in [0.05, 0.1) is 13.7 Å². The minimum Gasteiger partial charge on any atom is -0.496 e. The van der Waals surface area contributed by atoms with Crippen LogP contribution in [0.2, 0.25) is 0 Å². The Morgan fingerprint density at radius 1 is 0.931 bits per heavy atom. The second-order valence-corrected chi connectivity index (χ2v) is 7.47. The fraction of sp³-hybridized carbons (Fsp3) is 0.280. The molecule has 2 atom stereocenters. The third-order valence-electron chi connectivity index (χ3n) is 5.43. The molecule has 150 valence electrons. The van der Waals surface area contributed by atoms with Gasteiger partial charge in [0.25, 0.3) is 0 Å². The van der Waals surface area contributed by atoms with Gasteiger partial charge >= 0.3 is 0 Å². The van der Waals surface area contributed by atoms with Gasteiger partial charge in [-0.05, 0) is 22.8 Å². The number of aliphatic hydroxyl groups excluding tert-OH is 1. The summed E-state index contributed by atoms with van der Waals surface area (Å²) in [5.41, 5.74) is 4.72. The average Bonchev–Trinajstić information content (AvgIpc) is 3.20. The Labute approximate surface area is 172 Å². The maximum Gasteiger partial charge on any atom is 0.155 e. The van der Waals surface area contributed by atoms with E-state index in [1.165, 1.54) is 11.1 Å². The molecule has 0 amide bonds. The van der Waals surface area contributed by atoms with Gasteiger partial charge in [0.15, 0.2) is 6.29 Å². The third-order valence-corrected chi connectivity index (χ3v) is 5.43. The second-order valence-electron chi connectivity index (χ2n) is 7.47. The highest BCUT2D eigenvalue weighted by Gasteiger charge is 2.27. The summed E-state index contributed by atoms with van der Waals surface area (Å²) < 4.78 is 11.1. The first-order valence-electron chi connectivity index (χ1n) is 10.0. The molecule has 0 spiro atoms. The molecule has 0 aromatic heterocycles. The monoisotopic (exact) mass is 389 g/mol. The zero-order chi connectivity index (χ0) is 20.1. The van der Waals surface area contributed by atoms with Gasteiger partial charge < -0.3 is 19.5 Å². The molecule has 4 rings (SSSR count). The van der Waals surface area contributed by atoms with Crippen LogP contribution in [0.3, 0.4) is 0 Å². The first kappa shape index (κ1) is 19.5. The Morgan fingerprint density at radius 3 is 2.07 bits per heavy atom. The third kappa shape index (κ3) is 4.78. The maximum atomic E-state index is 9.72. The van der Waals surface area contributed by atoms with Crippen LogP contribution in [0.25, 0.3) is 0 Å². The van der Waals surface area contributed by atoms with Crippen molar-refractivity contribution in [3.05, 3.63) is 95.6 Å². The number of rotatable bonds is 7. The first-order valence-corrected chi connectivity index (χ1v) is 10.0.